The Balaban J connectivity index is 1.66. The number of piperidine rings is 1. The molecule has 0 aromatic heterocycles. The van der Waals surface area contributed by atoms with E-state index >= 15 is 0 Å². The smallest absolute Gasteiger partial charge is 0.241 e. The highest BCUT2D eigenvalue weighted by Gasteiger charge is 2.24. The largest absolute Gasteiger partial charge is 0.350 e. The Morgan fingerprint density at radius 2 is 1.62 bits per heavy atom. The summed E-state index contributed by atoms with van der Waals surface area (Å²) < 4.78 is 25.9. The van der Waals surface area contributed by atoms with Gasteiger partial charge in [0.25, 0.3) is 0 Å². The molecule has 2 unspecified atom stereocenters. The number of amides is 1. The number of carbonyl (C=O) groups is 1. The Bertz CT molecular complexity index is 1030. The maximum atomic E-state index is 12.7. The number of nitrogens with zero attached hydrogens (tertiary/aromatic N) is 2. The lowest BCUT2D eigenvalue weighted by Crippen LogP contribution is -2.41. The van der Waals surface area contributed by atoms with Gasteiger partial charge in [-0.15, -0.1) is 0 Å². The van der Waals surface area contributed by atoms with Crippen LogP contribution in [0, 0.1) is 18.8 Å². The molecule has 1 N–H and O–H groups in total. The van der Waals surface area contributed by atoms with Crippen molar-refractivity contribution >= 4 is 21.6 Å². The van der Waals surface area contributed by atoms with Crippen LogP contribution in [0.15, 0.2) is 48.5 Å². The Hall–Kier alpha value is -2.38. The number of anilines is 1. The maximum absolute atomic E-state index is 12.7. The second kappa shape index (κ2) is 10.5. The first-order chi connectivity index (χ1) is 15.1. The lowest BCUT2D eigenvalue weighted by molar-refractivity contribution is -0.119. The van der Waals surface area contributed by atoms with Crippen LogP contribution in [0.4, 0.5) is 5.69 Å². The molecule has 0 bridgehead atoms. The molecule has 0 aliphatic carbocycles. The van der Waals surface area contributed by atoms with Crippen molar-refractivity contribution in [1.82, 2.24) is 10.2 Å². The van der Waals surface area contributed by atoms with E-state index in [1.165, 1.54) is 16.3 Å². The van der Waals surface area contributed by atoms with Gasteiger partial charge >= 0.3 is 0 Å². The van der Waals surface area contributed by atoms with Crippen molar-refractivity contribution in [2.45, 2.75) is 40.3 Å². The zero-order chi connectivity index (χ0) is 23.3. The maximum Gasteiger partial charge on any atom is 0.241 e. The zero-order valence-electron chi connectivity index (χ0n) is 19.5. The van der Waals surface area contributed by atoms with E-state index in [9.17, 15) is 13.2 Å². The van der Waals surface area contributed by atoms with E-state index in [1.807, 2.05) is 37.3 Å². The number of aryl methyl sites for hydroxylation is 1. The van der Waals surface area contributed by atoms with Crippen molar-refractivity contribution in [3.8, 4) is 0 Å². The van der Waals surface area contributed by atoms with E-state index < -0.39 is 10.0 Å². The molecule has 0 radical (unpaired) electrons. The van der Waals surface area contributed by atoms with Crippen LogP contribution in [0.3, 0.4) is 0 Å². The average molecular weight is 458 g/mol. The van der Waals surface area contributed by atoms with Crippen LogP contribution in [-0.4, -0.2) is 45.1 Å². The van der Waals surface area contributed by atoms with E-state index in [0.29, 0.717) is 24.1 Å². The molecule has 1 fully saturated rings. The molecule has 1 saturated heterocycles. The monoisotopic (exact) mass is 457 g/mol. The second-order valence-corrected chi connectivity index (χ2v) is 11.1. The number of likely N-dealkylation sites (tertiary alicyclic amines) is 1. The third-order valence-electron chi connectivity index (χ3n) is 6.00. The van der Waals surface area contributed by atoms with Crippen molar-refractivity contribution in [2.75, 3.05) is 30.2 Å². The molecule has 1 amide bonds. The van der Waals surface area contributed by atoms with Crippen LogP contribution in [0.5, 0.6) is 0 Å². The first-order valence-corrected chi connectivity index (χ1v) is 13.1. The van der Waals surface area contributed by atoms with Crippen LogP contribution >= 0.6 is 0 Å². The number of hydrogen-bond donors (Lipinski definition) is 1. The van der Waals surface area contributed by atoms with Crippen LogP contribution in [0.25, 0.3) is 0 Å². The number of benzene rings is 2. The molecule has 2 atom stereocenters. The highest BCUT2D eigenvalue weighted by Crippen LogP contribution is 2.24. The fraction of sp³-hybridized carbons (Fsp3) is 0.480. The molecule has 2 aromatic carbocycles. The zero-order valence-corrected chi connectivity index (χ0v) is 20.4. The first-order valence-electron chi connectivity index (χ1n) is 11.2. The Kier molecular flexibility index (Phi) is 7.96. The van der Waals surface area contributed by atoms with Crippen LogP contribution in [-0.2, 0) is 27.9 Å². The van der Waals surface area contributed by atoms with E-state index in [-0.39, 0.29) is 12.5 Å². The van der Waals surface area contributed by atoms with Crippen molar-refractivity contribution in [2.24, 2.45) is 11.8 Å². The Morgan fingerprint density at radius 1 is 1.03 bits per heavy atom. The fourth-order valence-corrected chi connectivity index (χ4v) is 5.56. The summed E-state index contributed by atoms with van der Waals surface area (Å²) in [5, 5.41) is 2.92. The topological polar surface area (TPSA) is 69.7 Å². The van der Waals surface area contributed by atoms with Gasteiger partial charge in [-0.3, -0.25) is 14.0 Å². The highest BCUT2D eigenvalue weighted by atomic mass is 32.2. The fourth-order valence-electron chi connectivity index (χ4n) is 4.65. The van der Waals surface area contributed by atoms with Gasteiger partial charge in [0.15, 0.2) is 0 Å². The van der Waals surface area contributed by atoms with E-state index in [0.717, 1.165) is 37.0 Å². The molecule has 1 heterocycles. The summed E-state index contributed by atoms with van der Waals surface area (Å²) in [5.74, 6) is 1.05. The molecule has 1 aliphatic heterocycles. The molecule has 0 spiro atoms. The predicted octanol–water partition coefficient (Wildman–Crippen LogP) is 3.56. The summed E-state index contributed by atoms with van der Waals surface area (Å²) in [6.07, 6.45) is 2.40. The molecule has 2 aromatic rings. The van der Waals surface area contributed by atoms with Crippen molar-refractivity contribution < 1.29 is 13.2 Å². The first kappa shape index (κ1) is 24.3. The molecule has 1 aliphatic rings. The van der Waals surface area contributed by atoms with Crippen LogP contribution < -0.4 is 9.62 Å². The van der Waals surface area contributed by atoms with Gasteiger partial charge in [0.05, 0.1) is 11.9 Å². The molecular weight excluding hydrogens is 422 g/mol. The lowest BCUT2D eigenvalue weighted by atomic mass is 9.91. The summed E-state index contributed by atoms with van der Waals surface area (Å²) >= 11 is 0. The van der Waals surface area contributed by atoms with Gasteiger partial charge in [0.1, 0.15) is 6.54 Å². The summed E-state index contributed by atoms with van der Waals surface area (Å²) in [6.45, 7) is 9.61. The second-order valence-electron chi connectivity index (χ2n) is 9.24. The van der Waals surface area contributed by atoms with Crippen LogP contribution in [0.1, 0.15) is 37.0 Å². The molecule has 6 nitrogen and oxygen atoms in total. The van der Waals surface area contributed by atoms with E-state index in [1.54, 1.807) is 12.1 Å². The Labute approximate surface area is 192 Å². The minimum absolute atomic E-state index is 0.243. The number of hydrogen-bond acceptors (Lipinski definition) is 4. The number of rotatable bonds is 8. The molecule has 0 saturated carbocycles. The predicted molar refractivity (Wildman–Crippen MR) is 130 cm³/mol. The standard InChI is InChI=1S/C25H35N3O3S/c1-19-13-20(2)16-27(15-19)17-23-11-7-6-10-22(23)14-26-25(29)18-28(32(4,30)31)24-12-8-5-9-21(24)3/h5-12,19-20H,13-18H2,1-4H3,(H,26,29). The van der Waals surface area contributed by atoms with Gasteiger partial charge in [-0.05, 0) is 47.9 Å². The molecule has 3 rings (SSSR count). The van der Waals surface area contributed by atoms with Crippen molar-refractivity contribution in [3.05, 3.63) is 65.2 Å². The number of carbonyl (C=O) groups excluding carboxylic acids is 1. The summed E-state index contributed by atoms with van der Waals surface area (Å²) in [6, 6.07) is 15.3. The highest BCUT2D eigenvalue weighted by molar-refractivity contribution is 7.92. The third-order valence-corrected chi connectivity index (χ3v) is 7.13. The van der Waals surface area contributed by atoms with Crippen LogP contribution in [0.2, 0.25) is 0 Å². The minimum atomic E-state index is -3.59. The van der Waals surface area contributed by atoms with Gasteiger partial charge in [0, 0.05) is 26.2 Å². The van der Waals surface area contributed by atoms with Gasteiger partial charge < -0.3 is 5.32 Å². The minimum Gasteiger partial charge on any atom is -0.350 e. The summed E-state index contributed by atoms with van der Waals surface area (Å²) in [5.41, 5.74) is 3.60. The quantitative estimate of drug-likeness (QED) is 0.658. The van der Waals surface area contributed by atoms with E-state index in [4.69, 9.17) is 0 Å². The van der Waals surface area contributed by atoms with E-state index in [2.05, 4.69) is 30.1 Å². The van der Waals surface area contributed by atoms with Gasteiger partial charge in [-0.2, -0.15) is 0 Å². The molecule has 32 heavy (non-hydrogen) atoms. The van der Waals surface area contributed by atoms with Crippen molar-refractivity contribution in [1.29, 1.82) is 0 Å². The summed E-state index contributed by atoms with van der Waals surface area (Å²) in [7, 11) is -3.59. The Morgan fingerprint density at radius 3 is 2.25 bits per heavy atom. The average Bonchev–Trinajstić information content (AvgIpc) is 2.70. The SMILES string of the molecule is Cc1ccccc1N(CC(=O)NCc1ccccc1CN1CC(C)CC(C)C1)S(C)(=O)=O. The normalized spacial score (nSPS) is 19.5. The molecule has 174 valence electrons. The summed E-state index contributed by atoms with van der Waals surface area (Å²) in [4.78, 5) is 15.2. The lowest BCUT2D eigenvalue weighted by Gasteiger charge is -2.35. The number of nitrogens with one attached hydrogen (secondary N) is 1. The molecule has 7 heteroatoms. The van der Waals surface area contributed by atoms with Gasteiger partial charge in [-0.1, -0.05) is 56.3 Å². The number of para-hydroxylation sites is 1. The van der Waals surface area contributed by atoms with Gasteiger partial charge in [-0.25, -0.2) is 8.42 Å². The third kappa shape index (κ3) is 6.56. The van der Waals surface area contributed by atoms with Gasteiger partial charge in [0.2, 0.25) is 15.9 Å². The van der Waals surface area contributed by atoms with Crippen molar-refractivity contribution in [3.63, 3.8) is 0 Å². The molecular formula is C25H35N3O3S. The number of sulfonamides is 1.